The first kappa shape index (κ1) is 11.2. The van der Waals surface area contributed by atoms with Crippen molar-refractivity contribution in [3.8, 4) is 11.5 Å². The second-order valence-electron chi connectivity index (χ2n) is 3.94. The van der Waals surface area contributed by atoms with Gasteiger partial charge >= 0.3 is 0 Å². The molecule has 2 rings (SSSR count). The van der Waals surface area contributed by atoms with Crippen LogP contribution >= 0.6 is 0 Å². The molecule has 16 heavy (non-hydrogen) atoms. The maximum absolute atomic E-state index is 5.67. The van der Waals surface area contributed by atoms with Crippen molar-refractivity contribution < 1.29 is 14.3 Å². The van der Waals surface area contributed by atoms with E-state index in [4.69, 9.17) is 15.4 Å². The Morgan fingerprint density at radius 1 is 1.31 bits per heavy atom. The molecule has 0 spiro atoms. The summed E-state index contributed by atoms with van der Waals surface area (Å²) in [6.45, 7) is 5.86. The highest BCUT2D eigenvalue weighted by atomic mass is 16.6. The predicted molar refractivity (Wildman–Crippen MR) is 60.7 cm³/mol. The summed E-state index contributed by atoms with van der Waals surface area (Å²) in [6.07, 6.45) is 0.746. The molecule has 0 saturated heterocycles. The topological polar surface area (TPSA) is 53.7 Å². The Labute approximate surface area is 95.2 Å². The van der Waals surface area contributed by atoms with Crippen LogP contribution in [0.25, 0.3) is 0 Å². The molecule has 0 amide bonds. The molecule has 0 bridgehead atoms. The number of fused-ring (bicyclic) bond motifs is 1. The molecule has 2 N–H and O–H groups in total. The highest BCUT2D eigenvalue weighted by Crippen LogP contribution is 2.37. The average Bonchev–Trinajstić information content (AvgIpc) is 2.30. The molecule has 4 nitrogen and oxygen atoms in total. The first-order chi connectivity index (χ1) is 7.74. The maximum atomic E-state index is 5.67. The summed E-state index contributed by atoms with van der Waals surface area (Å²) >= 11 is 0. The van der Waals surface area contributed by atoms with E-state index in [-0.39, 0.29) is 0 Å². The number of rotatable bonds is 3. The van der Waals surface area contributed by atoms with Crippen LogP contribution < -0.4 is 15.4 Å². The molecule has 1 aliphatic rings. The van der Waals surface area contributed by atoms with Crippen molar-refractivity contribution in [3.05, 3.63) is 22.8 Å². The zero-order chi connectivity index (χ0) is 11.5. The van der Waals surface area contributed by atoms with Crippen LogP contribution in [-0.2, 0) is 11.3 Å². The minimum atomic E-state index is 0.486. The Morgan fingerprint density at radius 2 is 2.06 bits per heavy atom. The minimum Gasteiger partial charge on any atom is -0.486 e. The van der Waals surface area contributed by atoms with Gasteiger partial charge in [-0.1, -0.05) is 0 Å². The monoisotopic (exact) mass is 223 g/mol. The Bertz CT molecular complexity index is 390. The maximum Gasteiger partial charge on any atom is 0.164 e. The van der Waals surface area contributed by atoms with Gasteiger partial charge in [-0.15, -0.1) is 0 Å². The minimum absolute atomic E-state index is 0.486. The first-order valence-corrected chi connectivity index (χ1v) is 5.44. The van der Waals surface area contributed by atoms with Gasteiger partial charge in [0.15, 0.2) is 11.5 Å². The SMILES string of the molecule is Cc1cc2c(c(CCON)c1C)OCCO2. The van der Waals surface area contributed by atoms with Crippen LogP contribution in [0.15, 0.2) is 6.07 Å². The largest absolute Gasteiger partial charge is 0.486 e. The Kier molecular flexibility index (Phi) is 3.31. The fourth-order valence-corrected chi connectivity index (χ4v) is 1.95. The Morgan fingerprint density at radius 3 is 2.81 bits per heavy atom. The number of nitrogens with two attached hydrogens (primary N) is 1. The van der Waals surface area contributed by atoms with Crippen molar-refractivity contribution in [2.75, 3.05) is 19.8 Å². The van der Waals surface area contributed by atoms with Crippen LogP contribution in [0, 0.1) is 13.8 Å². The van der Waals surface area contributed by atoms with Crippen molar-refractivity contribution >= 4 is 0 Å². The van der Waals surface area contributed by atoms with Gasteiger partial charge in [-0.3, -0.25) is 0 Å². The lowest BCUT2D eigenvalue weighted by Crippen LogP contribution is -2.18. The highest BCUT2D eigenvalue weighted by Gasteiger charge is 2.19. The molecule has 1 aromatic rings. The van der Waals surface area contributed by atoms with Gasteiger partial charge in [0.2, 0.25) is 0 Å². The number of aryl methyl sites for hydroxylation is 1. The van der Waals surface area contributed by atoms with E-state index in [9.17, 15) is 0 Å². The van der Waals surface area contributed by atoms with E-state index in [0.29, 0.717) is 19.8 Å². The smallest absolute Gasteiger partial charge is 0.164 e. The standard InChI is InChI=1S/C12H17NO3/c1-8-7-11-12(15-6-5-14-11)10(9(8)2)3-4-16-13/h7H,3-6,13H2,1-2H3. The second kappa shape index (κ2) is 4.72. The zero-order valence-electron chi connectivity index (χ0n) is 9.71. The van der Waals surface area contributed by atoms with Gasteiger partial charge in [0.25, 0.3) is 0 Å². The number of hydrogen-bond donors (Lipinski definition) is 1. The molecule has 1 aliphatic heterocycles. The molecule has 0 unspecified atom stereocenters. The summed E-state index contributed by atoms with van der Waals surface area (Å²) in [5, 5.41) is 0. The van der Waals surface area contributed by atoms with Crippen LogP contribution in [-0.4, -0.2) is 19.8 Å². The van der Waals surface area contributed by atoms with Gasteiger partial charge in [-0.2, -0.15) is 0 Å². The average molecular weight is 223 g/mol. The zero-order valence-corrected chi connectivity index (χ0v) is 9.71. The molecular formula is C12H17NO3. The van der Waals surface area contributed by atoms with E-state index in [2.05, 4.69) is 18.7 Å². The molecule has 0 radical (unpaired) electrons. The molecule has 1 aromatic carbocycles. The molecule has 0 aromatic heterocycles. The number of benzene rings is 1. The molecule has 4 heteroatoms. The fourth-order valence-electron chi connectivity index (χ4n) is 1.95. The summed E-state index contributed by atoms with van der Waals surface area (Å²) in [5.74, 6) is 6.76. The molecule has 1 heterocycles. The summed E-state index contributed by atoms with van der Waals surface area (Å²) in [5.41, 5.74) is 3.57. The van der Waals surface area contributed by atoms with Crippen LogP contribution in [0.5, 0.6) is 11.5 Å². The van der Waals surface area contributed by atoms with E-state index in [1.54, 1.807) is 0 Å². The first-order valence-electron chi connectivity index (χ1n) is 5.44. The summed E-state index contributed by atoms with van der Waals surface area (Å²) in [6, 6.07) is 2.02. The van der Waals surface area contributed by atoms with Crippen LogP contribution in [0.4, 0.5) is 0 Å². The van der Waals surface area contributed by atoms with Gasteiger partial charge in [0, 0.05) is 12.0 Å². The van der Waals surface area contributed by atoms with Gasteiger partial charge in [-0.05, 0) is 31.0 Å². The summed E-state index contributed by atoms with van der Waals surface area (Å²) in [7, 11) is 0. The van der Waals surface area contributed by atoms with Crippen molar-refractivity contribution in [2.45, 2.75) is 20.3 Å². The molecular weight excluding hydrogens is 206 g/mol. The lowest BCUT2D eigenvalue weighted by atomic mass is 9.99. The van der Waals surface area contributed by atoms with Crippen molar-refractivity contribution in [1.82, 2.24) is 0 Å². The Hall–Kier alpha value is -1.26. The summed E-state index contributed by atoms with van der Waals surface area (Å²) in [4.78, 5) is 4.64. The highest BCUT2D eigenvalue weighted by molar-refractivity contribution is 5.54. The molecule has 88 valence electrons. The number of hydrogen-bond acceptors (Lipinski definition) is 4. The molecule has 0 aliphatic carbocycles. The van der Waals surface area contributed by atoms with Gasteiger partial charge in [0.05, 0.1) is 6.61 Å². The Balaban J connectivity index is 2.41. The van der Waals surface area contributed by atoms with E-state index >= 15 is 0 Å². The normalized spacial score (nSPS) is 13.9. The lowest BCUT2D eigenvalue weighted by molar-refractivity contribution is 0.137. The van der Waals surface area contributed by atoms with Crippen molar-refractivity contribution in [3.63, 3.8) is 0 Å². The van der Waals surface area contributed by atoms with E-state index in [1.165, 1.54) is 11.1 Å². The molecule has 0 fully saturated rings. The third kappa shape index (κ3) is 1.99. The third-order valence-electron chi connectivity index (χ3n) is 2.95. The van der Waals surface area contributed by atoms with Crippen LogP contribution in [0.2, 0.25) is 0 Å². The van der Waals surface area contributed by atoms with Gasteiger partial charge < -0.3 is 14.3 Å². The lowest BCUT2D eigenvalue weighted by Gasteiger charge is -2.23. The van der Waals surface area contributed by atoms with E-state index < -0.39 is 0 Å². The van der Waals surface area contributed by atoms with Crippen LogP contribution in [0.3, 0.4) is 0 Å². The van der Waals surface area contributed by atoms with Crippen molar-refractivity contribution in [2.24, 2.45) is 5.90 Å². The summed E-state index contributed by atoms with van der Waals surface area (Å²) < 4.78 is 11.2. The quantitative estimate of drug-likeness (QED) is 0.789. The van der Waals surface area contributed by atoms with E-state index in [0.717, 1.165) is 23.5 Å². The molecule has 0 saturated carbocycles. The second-order valence-corrected chi connectivity index (χ2v) is 3.94. The number of ether oxygens (including phenoxy) is 2. The fraction of sp³-hybridized carbons (Fsp3) is 0.500. The van der Waals surface area contributed by atoms with Gasteiger partial charge in [0.1, 0.15) is 13.2 Å². The third-order valence-corrected chi connectivity index (χ3v) is 2.95. The van der Waals surface area contributed by atoms with Gasteiger partial charge in [-0.25, -0.2) is 5.90 Å². The van der Waals surface area contributed by atoms with Crippen molar-refractivity contribution in [1.29, 1.82) is 0 Å². The van der Waals surface area contributed by atoms with Crippen LogP contribution in [0.1, 0.15) is 16.7 Å². The molecule has 0 atom stereocenters. The predicted octanol–water partition coefficient (Wildman–Crippen LogP) is 1.51. The van der Waals surface area contributed by atoms with E-state index in [1.807, 2.05) is 6.07 Å².